The van der Waals surface area contributed by atoms with E-state index in [1.165, 1.54) is 29.2 Å². The average molecular weight is 394 g/mol. The van der Waals surface area contributed by atoms with E-state index in [1.54, 1.807) is 24.3 Å². The van der Waals surface area contributed by atoms with Gasteiger partial charge in [0.1, 0.15) is 5.82 Å². The lowest BCUT2D eigenvalue weighted by Crippen LogP contribution is -2.59. The van der Waals surface area contributed by atoms with E-state index in [9.17, 15) is 18.8 Å². The maximum atomic E-state index is 13.2. The molecule has 2 fully saturated rings. The molecule has 1 aliphatic heterocycles. The largest absolute Gasteiger partial charge is 0.322 e. The first-order valence-electron chi connectivity index (χ1n) is 9.70. The number of carbonyl (C=O) groups excluding carboxylic acids is 3. The van der Waals surface area contributed by atoms with Crippen LogP contribution in [0.5, 0.6) is 0 Å². The fraction of sp³-hybridized carbons (Fsp3) is 0.348. The van der Waals surface area contributed by atoms with Gasteiger partial charge in [0, 0.05) is 17.2 Å². The van der Waals surface area contributed by atoms with Gasteiger partial charge >= 0.3 is 0 Å². The highest BCUT2D eigenvalue weighted by atomic mass is 19.1. The number of amides is 3. The lowest BCUT2D eigenvalue weighted by atomic mass is 9.62. The number of piperidine rings is 1. The number of hydrogen-bond donors (Lipinski definition) is 1. The number of rotatable bonds is 3. The number of imide groups is 1. The molecular weight excluding hydrogens is 371 g/mol. The molecule has 5 nitrogen and oxygen atoms in total. The Morgan fingerprint density at radius 2 is 1.66 bits per heavy atom. The van der Waals surface area contributed by atoms with Crippen molar-refractivity contribution in [3.63, 3.8) is 0 Å². The summed E-state index contributed by atoms with van der Waals surface area (Å²) in [7, 11) is 0. The quantitative estimate of drug-likeness (QED) is 0.785. The number of fused-ring (bicyclic) bond motifs is 2. The summed E-state index contributed by atoms with van der Waals surface area (Å²) >= 11 is 0. The Morgan fingerprint density at radius 1 is 1.03 bits per heavy atom. The molecule has 2 atom stereocenters. The van der Waals surface area contributed by atoms with Crippen LogP contribution in [0.3, 0.4) is 0 Å². The van der Waals surface area contributed by atoms with E-state index in [4.69, 9.17) is 0 Å². The predicted molar refractivity (Wildman–Crippen MR) is 108 cm³/mol. The molecule has 1 heterocycles. The summed E-state index contributed by atoms with van der Waals surface area (Å²) in [5, 5.41) is 2.69. The Morgan fingerprint density at radius 3 is 2.28 bits per heavy atom. The van der Waals surface area contributed by atoms with Crippen LogP contribution in [0.4, 0.5) is 15.8 Å². The molecule has 2 aromatic rings. The van der Waals surface area contributed by atoms with Crippen LogP contribution in [-0.4, -0.2) is 17.7 Å². The van der Waals surface area contributed by atoms with Gasteiger partial charge < -0.3 is 5.32 Å². The first kappa shape index (κ1) is 19.3. The van der Waals surface area contributed by atoms with E-state index in [0.717, 1.165) is 0 Å². The van der Waals surface area contributed by atoms with Crippen LogP contribution in [-0.2, 0) is 9.59 Å². The molecule has 1 saturated carbocycles. The summed E-state index contributed by atoms with van der Waals surface area (Å²) in [4.78, 5) is 39.9. The van der Waals surface area contributed by atoms with Crippen LogP contribution in [0.25, 0.3) is 0 Å². The number of nitrogens with one attached hydrogen (secondary N) is 1. The van der Waals surface area contributed by atoms with Crippen molar-refractivity contribution in [2.24, 2.45) is 16.7 Å². The van der Waals surface area contributed by atoms with Crippen molar-refractivity contribution in [1.29, 1.82) is 0 Å². The first-order chi connectivity index (χ1) is 13.6. The van der Waals surface area contributed by atoms with Gasteiger partial charge in [-0.1, -0.05) is 20.8 Å². The summed E-state index contributed by atoms with van der Waals surface area (Å²) in [6.45, 7) is 5.95. The zero-order chi connectivity index (χ0) is 21.0. The Balaban J connectivity index is 1.56. The second-order valence-corrected chi connectivity index (χ2v) is 8.63. The van der Waals surface area contributed by atoms with Crippen LogP contribution >= 0.6 is 0 Å². The second kappa shape index (κ2) is 6.51. The first-order valence-corrected chi connectivity index (χ1v) is 9.70. The Hall–Kier alpha value is -3.02. The third-order valence-corrected chi connectivity index (χ3v) is 6.91. The van der Waals surface area contributed by atoms with E-state index in [-0.39, 0.29) is 34.9 Å². The zero-order valence-corrected chi connectivity index (χ0v) is 16.7. The highest BCUT2D eigenvalue weighted by molar-refractivity contribution is 6.20. The minimum absolute atomic E-state index is 0.168. The fourth-order valence-electron chi connectivity index (χ4n) is 4.56. The van der Waals surface area contributed by atoms with E-state index in [2.05, 4.69) is 5.32 Å². The number of halogens is 1. The monoisotopic (exact) mass is 394 g/mol. The Labute approximate surface area is 168 Å². The van der Waals surface area contributed by atoms with Gasteiger partial charge in [0.2, 0.25) is 11.8 Å². The molecule has 4 rings (SSSR count). The van der Waals surface area contributed by atoms with E-state index in [0.29, 0.717) is 29.8 Å². The number of carbonyl (C=O) groups is 3. The molecule has 2 bridgehead atoms. The molecular formula is C23H23FN2O3. The van der Waals surface area contributed by atoms with E-state index in [1.807, 2.05) is 20.8 Å². The van der Waals surface area contributed by atoms with Crippen molar-refractivity contribution in [3.05, 3.63) is 59.9 Å². The SMILES string of the molecule is CC1(C)[C@H]2CC[C@]1(C)C(=O)N(c1ccc(C(=O)Nc3ccc(F)cc3)cc1)C2=O. The molecule has 6 heteroatoms. The predicted octanol–water partition coefficient (Wildman–Crippen LogP) is 4.39. The molecule has 1 aliphatic carbocycles. The highest BCUT2D eigenvalue weighted by Gasteiger charge is 2.64. The van der Waals surface area contributed by atoms with Crippen LogP contribution in [0.1, 0.15) is 44.0 Å². The van der Waals surface area contributed by atoms with Gasteiger partial charge in [0.15, 0.2) is 0 Å². The molecule has 3 amide bonds. The minimum Gasteiger partial charge on any atom is -0.322 e. The van der Waals surface area contributed by atoms with Gasteiger partial charge in [-0.2, -0.15) is 0 Å². The number of nitrogens with zero attached hydrogens (tertiary/aromatic N) is 1. The standard InChI is InChI=1S/C23H23FN2O3/c1-22(2)18-12-13-23(22,3)21(29)26(20(18)28)17-10-4-14(5-11-17)19(27)25-16-8-6-15(24)7-9-16/h4-11,18H,12-13H2,1-3H3,(H,25,27)/t18-,23+/m0/s1. The minimum atomic E-state index is -0.579. The van der Waals surface area contributed by atoms with Crippen molar-refractivity contribution in [3.8, 4) is 0 Å². The second-order valence-electron chi connectivity index (χ2n) is 8.63. The normalized spacial score (nSPS) is 25.2. The summed E-state index contributed by atoms with van der Waals surface area (Å²) in [6, 6.07) is 11.9. The molecule has 29 heavy (non-hydrogen) atoms. The van der Waals surface area contributed by atoms with Gasteiger partial charge in [0.25, 0.3) is 5.91 Å². The maximum Gasteiger partial charge on any atom is 0.255 e. The van der Waals surface area contributed by atoms with Gasteiger partial charge in [-0.05, 0) is 66.8 Å². The van der Waals surface area contributed by atoms with E-state index >= 15 is 0 Å². The molecule has 0 spiro atoms. The lowest BCUT2D eigenvalue weighted by Gasteiger charge is -2.47. The molecule has 2 aromatic carbocycles. The lowest BCUT2D eigenvalue weighted by molar-refractivity contribution is -0.146. The van der Waals surface area contributed by atoms with Crippen molar-refractivity contribution < 1.29 is 18.8 Å². The van der Waals surface area contributed by atoms with Crippen LogP contribution in [0, 0.1) is 22.6 Å². The Bertz CT molecular complexity index is 998. The van der Waals surface area contributed by atoms with E-state index < -0.39 is 5.41 Å². The molecule has 1 saturated heterocycles. The van der Waals surface area contributed by atoms with Crippen LogP contribution in [0.15, 0.2) is 48.5 Å². The van der Waals surface area contributed by atoms with Crippen molar-refractivity contribution in [2.75, 3.05) is 10.2 Å². The third-order valence-electron chi connectivity index (χ3n) is 6.91. The van der Waals surface area contributed by atoms with Gasteiger partial charge in [0.05, 0.1) is 11.1 Å². The topological polar surface area (TPSA) is 66.5 Å². The van der Waals surface area contributed by atoms with Gasteiger partial charge in [-0.3, -0.25) is 14.4 Å². The number of hydrogen-bond acceptors (Lipinski definition) is 3. The molecule has 1 N–H and O–H groups in total. The molecule has 2 aliphatic rings. The maximum absolute atomic E-state index is 13.2. The molecule has 0 radical (unpaired) electrons. The number of anilines is 2. The van der Waals surface area contributed by atoms with Crippen molar-refractivity contribution in [2.45, 2.75) is 33.6 Å². The smallest absolute Gasteiger partial charge is 0.255 e. The summed E-state index contributed by atoms with van der Waals surface area (Å²) in [6.07, 6.45) is 1.41. The molecule has 0 aromatic heterocycles. The van der Waals surface area contributed by atoms with Crippen molar-refractivity contribution >= 4 is 29.1 Å². The van der Waals surface area contributed by atoms with Crippen LogP contribution in [0.2, 0.25) is 0 Å². The van der Waals surface area contributed by atoms with Crippen molar-refractivity contribution in [1.82, 2.24) is 0 Å². The highest BCUT2D eigenvalue weighted by Crippen LogP contribution is 2.60. The summed E-state index contributed by atoms with van der Waals surface area (Å²) < 4.78 is 13.0. The molecule has 150 valence electrons. The third kappa shape index (κ3) is 2.85. The fourth-order valence-corrected chi connectivity index (χ4v) is 4.56. The van der Waals surface area contributed by atoms with Crippen LogP contribution < -0.4 is 10.2 Å². The number of benzene rings is 2. The summed E-state index contributed by atoms with van der Waals surface area (Å²) in [5.74, 6) is -1.27. The molecule has 0 unspecified atom stereocenters. The van der Waals surface area contributed by atoms with Gasteiger partial charge in [-0.25, -0.2) is 9.29 Å². The average Bonchev–Trinajstić information content (AvgIpc) is 2.87. The Kier molecular flexibility index (Phi) is 4.33. The van der Waals surface area contributed by atoms with Gasteiger partial charge in [-0.15, -0.1) is 0 Å². The summed E-state index contributed by atoms with van der Waals surface area (Å²) in [5.41, 5.74) is 0.390. The zero-order valence-electron chi connectivity index (χ0n) is 16.7.